The van der Waals surface area contributed by atoms with Crippen LogP contribution >= 0.6 is 0 Å². The normalized spacial score (nSPS) is 13.2. The third-order valence-electron chi connectivity index (χ3n) is 3.68. The number of benzene rings is 1. The summed E-state index contributed by atoms with van der Waals surface area (Å²) in [5.41, 5.74) is 1.39. The number of para-hydroxylation sites is 1. The highest BCUT2D eigenvalue weighted by Crippen LogP contribution is 2.17. The molecule has 6 nitrogen and oxygen atoms in total. The molecular formula is C16H20N2O4S. The van der Waals surface area contributed by atoms with Crippen molar-refractivity contribution in [3.05, 3.63) is 42.1 Å². The summed E-state index contributed by atoms with van der Waals surface area (Å²) in [6.07, 6.45) is 1.78. The van der Waals surface area contributed by atoms with Gasteiger partial charge in [-0.25, -0.2) is 13.5 Å². The number of aromatic nitrogens is 1. The molecule has 0 aliphatic rings. The molecule has 0 bridgehead atoms. The molecule has 1 unspecified atom stereocenters. The maximum absolute atomic E-state index is 12.4. The number of pyridine rings is 1. The zero-order valence-electron chi connectivity index (χ0n) is 13.1. The van der Waals surface area contributed by atoms with Crippen LogP contribution in [0.4, 0.5) is 0 Å². The summed E-state index contributed by atoms with van der Waals surface area (Å²) in [7, 11) is -3.50. The maximum Gasteiger partial charge on any atom is 0.233 e. The van der Waals surface area contributed by atoms with Crippen LogP contribution in [-0.2, 0) is 20.4 Å². The summed E-state index contributed by atoms with van der Waals surface area (Å²) in [5.74, 6) is -0.664. The largest absolute Gasteiger partial charge is 0.286 e. The van der Waals surface area contributed by atoms with E-state index in [1.165, 1.54) is 0 Å². The van der Waals surface area contributed by atoms with E-state index in [9.17, 15) is 18.4 Å². The van der Waals surface area contributed by atoms with E-state index in [-0.39, 0.29) is 23.8 Å². The van der Waals surface area contributed by atoms with Crippen LogP contribution in [0.3, 0.4) is 0 Å². The summed E-state index contributed by atoms with van der Waals surface area (Å²) in [6.45, 7) is 3.51. The van der Waals surface area contributed by atoms with E-state index in [1.807, 2.05) is 24.3 Å². The maximum atomic E-state index is 12.4. The highest BCUT2D eigenvalue weighted by molar-refractivity contribution is 7.90. The van der Waals surface area contributed by atoms with Crippen molar-refractivity contribution >= 4 is 27.2 Å². The van der Waals surface area contributed by atoms with Crippen LogP contribution in [0.5, 0.6) is 0 Å². The lowest BCUT2D eigenvalue weighted by molar-refractivity contribution is -0.161. The highest BCUT2D eigenvalue weighted by atomic mass is 32.2. The van der Waals surface area contributed by atoms with Crippen molar-refractivity contribution < 1.29 is 18.4 Å². The topological polar surface area (TPSA) is 87.6 Å². The molecule has 7 heteroatoms. The first-order valence-electron chi connectivity index (χ1n) is 7.29. The van der Waals surface area contributed by atoms with E-state index in [1.54, 1.807) is 26.1 Å². The van der Waals surface area contributed by atoms with Crippen LogP contribution in [0, 0.1) is 5.92 Å². The summed E-state index contributed by atoms with van der Waals surface area (Å²) < 4.78 is 24.8. The second-order valence-electron chi connectivity index (χ2n) is 5.89. The molecule has 0 aliphatic heterocycles. The molecule has 124 valence electrons. The number of hydrogen-bond acceptors (Lipinski definition) is 5. The lowest BCUT2D eigenvalue weighted by Crippen LogP contribution is -2.41. The lowest BCUT2D eigenvalue weighted by Gasteiger charge is -2.25. The van der Waals surface area contributed by atoms with Crippen molar-refractivity contribution in [2.75, 3.05) is 5.75 Å². The summed E-state index contributed by atoms with van der Waals surface area (Å²) in [4.78, 5) is 15.0. The Morgan fingerprint density at radius 2 is 2.00 bits per heavy atom. The molecule has 1 amide bonds. The molecule has 2 aromatic rings. The van der Waals surface area contributed by atoms with Gasteiger partial charge in [-0.2, -0.15) is 0 Å². The van der Waals surface area contributed by atoms with Crippen LogP contribution in [0.2, 0.25) is 0 Å². The Morgan fingerprint density at radius 1 is 1.30 bits per heavy atom. The van der Waals surface area contributed by atoms with Gasteiger partial charge in [0.2, 0.25) is 6.41 Å². The van der Waals surface area contributed by atoms with E-state index < -0.39 is 15.9 Å². The number of carbonyl (C=O) groups is 1. The van der Waals surface area contributed by atoms with Gasteiger partial charge >= 0.3 is 0 Å². The zero-order chi connectivity index (χ0) is 17.0. The smallest absolute Gasteiger partial charge is 0.233 e. The number of nitrogens with zero attached hydrogens (tertiary/aromatic N) is 2. The first-order chi connectivity index (χ1) is 10.8. The quantitative estimate of drug-likeness (QED) is 0.475. The van der Waals surface area contributed by atoms with Crippen molar-refractivity contribution in [2.45, 2.75) is 25.6 Å². The molecule has 0 aliphatic carbocycles. The first-order valence-corrected chi connectivity index (χ1v) is 9.11. The predicted molar refractivity (Wildman–Crippen MR) is 87.5 cm³/mol. The Balaban J connectivity index is 2.20. The first kappa shape index (κ1) is 17.4. The van der Waals surface area contributed by atoms with Crippen molar-refractivity contribution in [3.63, 3.8) is 0 Å². The van der Waals surface area contributed by atoms with E-state index >= 15 is 0 Å². The molecule has 1 aromatic heterocycles. The third-order valence-corrected chi connectivity index (χ3v) is 5.30. The number of carbonyl (C=O) groups excluding carboxylic acids is 1. The minimum Gasteiger partial charge on any atom is -0.286 e. The molecule has 0 spiro atoms. The van der Waals surface area contributed by atoms with E-state index in [0.29, 0.717) is 10.6 Å². The van der Waals surface area contributed by atoms with Crippen molar-refractivity contribution in [3.8, 4) is 0 Å². The molecule has 0 fully saturated rings. The minimum absolute atomic E-state index is 0.180. The van der Waals surface area contributed by atoms with Crippen molar-refractivity contribution in [2.24, 2.45) is 5.92 Å². The van der Waals surface area contributed by atoms with E-state index in [4.69, 9.17) is 0 Å². The number of hydrogen-bond donors (Lipinski definition) is 1. The fraction of sp³-hybridized carbons (Fsp3) is 0.375. The van der Waals surface area contributed by atoms with Gasteiger partial charge in [-0.3, -0.25) is 15.0 Å². The monoisotopic (exact) mass is 336 g/mol. The second-order valence-corrected chi connectivity index (χ2v) is 8.00. The number of amides is 1. The SMILES string of the molecule is CC(C)C(CS(=O)(=O)Cc1cnc2ccccc2c1)N(O)C=O. The number of rotatable bonds is 7. The third kappa shape index (κ3) is 4.49. The number of sulfone groups is 1. The fourth-order valence-electron chi connectivity index (χ4n) is 2.42. The molecular weight excluding hydrogens is 316 g/mol. The van der Waals surface area contributed by atoms with Gasteiger partial charge < -0.3 is 0 Å². The van der Waals surface area contributed by atoms with Gasteiger partial charge in [-0.05, 0) is 23.6 Å². The molecule has 0 saturated heterocycles. The molecule has 23 heavy (non-hydrogen) atoms. The van der Waals surface area contributed by atoms with Crippen LogP contribution in [0.25, 0.3) is 10.9 Å². The average Bonchev–Trinajstić information content (AvgIpc) is 2.51. The number of fused-ring (bicyclic) bond motifs is 1. The zero-order valence-corrected chi connectivity index (χ0v) is 13.9. The predicted octanol–water partition coefficient (Wildman–Crippen LogP) is 2.02. The van der Waals surface area contributed by atoms with Gasteiger partial charge in [0.05, 0.1) is 23.1 Å². The second kappa shape index (κ2) is 7.06. The molecule has 1 N–H and O–H groups in total. The standard InChI is InChI=1S/C16H20N2O4S/c1-12(2)16(18(20)11-19)10-23(21,22)9-13-7-14-5-3-4-6-15(14)17-8-13/h3-8,11-12,16,20H,9-10H2,1-2H3. The van der Waals surface area contributed by atoms with Crippen LogP contribution < -0.4 is 0 Å². The Bertz CT molecular complexity index is 790. The summed E-state index contributed by atoms with van der Waals surface area (Å²) in [5, 5.41) is 10.9. The summed E-state index contributed by atoms with van der Waals surface area (Å²) in [6, 6.07) is 8.48. The van der Waals surface area contributed by atoms with Crippen LogP contribution in [0.1, 0.15) is 19.4 Å². The van der Waals surface area contributed by atoms with Gasteiger partial charge in [-0.15, -0.1) is 0 Å². The molecule has 0 saturated carbocycles. The van der Waals surface area contributed by atoms with Gasteiger partial charge in [0.1, 0.15) is 0 Å². The molecule has 1 atom stereocenters. The highest BCUT2D eigenvalue weighted by Gasteiger charge is 2.26. The van der Waals surface area contributed by atoms with Gasteiger partial charge in [0.25, 0.3) is 0 Å². The van der Waals surface area contributed by atoms with Crippen LogP contribution in [0.15, 0.2) is 36.5 Å². The van der Waals surface area contributed by atoms with Crippen molar-refractivity contribution in [1.82, 2.24) is 10.0 Å². The fourth-order valence-corrected chi connectivity index (χ4v) is 4.26. The molecule has 2 rings (SSSR count). The van der Waals surface area contributed by atoms with Gasteiger partial charge in [0, 0.05) is 11.6 Å². The van der Waals surface area contributed by atoms with Gasteiger partial charge in [-0.1, -0.05) is 32.0 Å². The van der Waals surface area contributed by atoms with Gasteiger partial charge in [0.15, 0.2) is 9.84 Å². The average molecular weight is 336 g/mol. The Morgan fingerprint density at radius 3 is 2.65 bits per heavy atom. The molecule has 1 heterocycles. The van der Waals surface area contributed by atoms with Crippen LogP contribution in [-0.4, -0.2) is 41.9 Å². The Labute approximate surface area is 135 Å². The van der Waals surface area contributed by atoms with Crippen molar-refractivity contribution in [1.29, 1.82) is 0 Å². The number of hydroxylamine groups is 2. The molecule has 0 radical (unpaired) electrons. The molecule has 1 aromatic carbocycles. The Kier molecular flexibility index (Phi) is 5.33. The lowest BCUT2D eigenvalue weighted by atomic mass is 10.1. The van der Waals surface area contributed by atoms with E-state index in [2.05, 4.69) is 4.98 Å². The minimum atomic E-state index is -3.50. The Hall–Kier alpha value is -1.99. The van der Waals surface area contributed by atoms with E-state index in [0.717, 1.165) is 10.9 Å². The summed E-state index contributed by atoms with van der Waals surface area (Å²) >= 11 is 0.